The van der Waals surface area contributed by atoms with Crippen molar-refractivity contribution in [3.63, 3.8) is 0 Å². The molecule has 2 rings (SSSR count). The molecule has 0 aromatic heterocycles. The molecule has 2 aliphatic rings. The van der Waals surface area contributed by atoms with Gasteiger partial charge in [0, 0.05) is 29.4 Å². The zero-order valence-corrected chi connectivity index (χ0v) is 10.6. The van der Waals surface area contributed by atoms with Gasteiger partial charge in [0.2, 0.25) is 0 Å². The van der Waals surface area contributed by atoms with E-state index >= 15 is 0 Å². The van der Waals surface area contributed by atoms with Gasteiger partial charge in [-0.05, 0) is 64.2 Å². The molecule has 0 bridgehead atoms. The summed E-state index contributed by atoms with van der Waals surface area (Å²) in [7, 11) is 0. The van der Waals surface area contributed by atoms with Gasteiger partial charge in [-0.3, -0.25) is 4.79 Å². The SMILES string of the molecule is CC(=O)[C]1[CH][CH][CH][CH]1.N#CC[C]1[CH][CH][CH][CH]1.[Fe]. The Labute approximate surface area is 116 Å². The van der Waals surface area contributed by atoms with Crippen molar-refractivity contribution in [1.29, 1.82) is 5.26 Å². The Morgan fingerprint density at radius 3 is 1.94 bits per heavy atom. The molecular weight excluding hydrogens is 254 g/mol. The van der Waals surface area contributed by atoms with Crippen molar-refractivity contribution in [3.8, 4) is 6.07 Å². The molecule has 2 nitrogen and oxygen atoms in total. The smallest absolute Gasteiger partial charge is 0.137 e. The number of nitriles is 1. The monoisotopic (exact) mass is 267 g/mol. The van der Waals surface area contributed by atoms with Crippen LogP contribution in [0.5, 0.6) is 0 Å². The molecule has 0 saturated heterocycles. The molecule has 17 heavy (non-hydrogen) atoms. The largest absolute Gasteiger partial charge is 0.299 e. The third-order valence-corrected chi connectivity index (χ3v) is 2.08. The van der Waals surface area contributed by atoms with E-state index < -0.39 is 0 Å². The summed E-state index contributed by atoms with van der Waals surface area (Å²) in [5.74, 6) is 2.03. The van der Waals surface area contributed by atoms with E-state index in [1.54, 1.807) is 6.92 Å². The van der Waals surface area contributed by atoms with Gasteiger partial charge >= 0.3 is 0 Å². The maximum Gasteiger partial charge on any atom is 0.137 e. The summed E-state index contributed by atoms with van der Waals surface area (Å²) >= 11 is 0. The molecule has 0 aromatic carbocycles. The van der Waals surface area contributed by atoms with Crippen molar-refractivity contribution >= 4 is 5.78 Å². The third-order valence-electron chi connectivity index (χ3n) is 2.08. The van der Waals surface area contributed by atoms with Crippen LogP contribution in [0.4, 0.5) is 0 Å². The van der Waals surface area contributed by atoms with Gasteiger partial charge in [-0.2, -0.15) is 5.26 Å². The fraction of sp³-hybridized carbons (Fsp3) is 0.143. The van der Waals surface area contributed by atoms with Gasteiger partial charge in [0.1, 0.15) is 5.78 Å². The van der Waals surface area contributed by atoms with Crippen molar-refractivity contribution in [2.45, 2.75) is 13.3 Å². The summed E-state index contributed by atoms with van der Waals surface area (Å²) in [6.45, 7) is 1.56. The van der Waals surface area contributed by atoms with E-state index in [0.717, 1.165) is 11.8 Å². The van der Waals surface area contributed by atoms with Gasteiger partial charge in [-0.1, -0.05) is 0 Å². The van der Waals surface area contributed by atoms with Crippen LogP contribution in [0.2, 0.25) is 0 Å². The van der Waals surface area contributed by atoms with Crippen molar-refractivity contribution in [3.05, 3.63) is 63.2 Å². The van der Waals surface area contributed by atoms with Crippen LogP contribution in [-0.2, 0) is 21.9 Å². The molecule has 0 amide bonds. The molecule has 0 N–H and O–H groups in total. The normalized spacial score (nSPS) is 20.0. The second-order valence-electron chi connectivity index (χ2n) is 3.36. The van der Waals surface area contributed by atoms with Crippen molar-refractivity contribution in [2.75, 3.05) is 0 Å². The number of carbonyl (C=O) groups excluding carboxylic acids is 1. The molecule has 2 saturated carbocycles. The topological polar surface area (TPSA) is 40.9 Å². The number of ketones is 1. The predicted molar refractivity (Wildman–Crippen MR) is 61.8 cm³/mol. The fourth-order valence-corrected chi connectivity index (χ4v) is 1.23. The first-order chi connectivity index (χ1) is 7.74. The van der Waals surface area contributed by atoms with Crippen LogP contribution in [0, 0.1) is 74.5 Å². The van der Waals surface area contributed by atoms with Gasteiger partial charge < -0.3 is 0 Å². The summed E-state index contributed by atoms with van der Waals surface area (Å²) < 4.78 is 0. The molecule has 2 fully saturated rings. The van der Waals surface area contributed by atoms with Crippen LogP contribution in [0.25, 0.3) is 0 Å². The van der Waals surface area contributed by atoms with Gasteiger partial charge in [0.15, 0.2) is 0 Å². The number of hydrogen-bond donors (Lipinski definition) is 0. The van der Waals surface area contributed by atoms with Crippen LogP contribution in [0.15, 0.2) is 0 Å². The molecule has 0 spiro atoms. The predicted octanol–water partition coefficient (Wildman–Crippen LogP) is 2.28. The van der Waals surface area contributed by atoms with E-state index in [9.17, 15) is 4.79 Å². The minimum atomic E-state index is 0. The van der Waals surface area contributed by atoms with Gasteiger partial charge in [-0.15, -0.1) is 0 Å². The third kappa shape index (κ3) is 6.86. The second-order valence-corrected chi connectivity index (χ2v) is 3.36. The Balaban J connectivity index is 0.000000284. The molecule has 2 aliphatic carbocycles. The minimum absolute atomic E-state index is 0. The van der Waals surface area contributed by atoms with E-state index in [1.165, 1.54) is 0 Å². The first-order valence-electron chi connectivity index (χ1n) is 5.04. The number of hydrogen-bond acceptors (Lipinski definition) is 2. The minimum Gasteiger partial charge on any atom is -0.299 e. The summed E-state index contributed by atoms with van der Waals surface area (Å²) in [6.07, 6.45) is 15.6. The van der Waals surface area contributed by atoms with Crippen molar-refractivity contribution in [1.82, 2.24) is 0 Å². The van der Waals surface area contributed by atoms with Crippen LogP contribution in [-0.4, -0.2) is 5.78 Å². The molecule has 0 heterocycles. The number of Topliss-reactive ketones (excluding diaryl/α,β-unsaturated/α-hetero) is 1. The average Bonchev–Trinajstić information content (AvgIpc) is 2.91. The molecule has 0 atom stereocenters. The van der Waals surface area contributed by atoms with E-state index in [2.05, 4.69) is 6.07 Å². The second kappa shape index (κ2) is 9.68. The molecule has 88 valence electrons. The summed E-state index contributed by atoms with van der Waals surface area (Å²) in [6, 6.07) is 2.07. The van der Waals surface area contributed by atoms with E-state index in [0.29, 0.717) is 6.42 Å². The summed E-state index contributed by atoms with van der Waals surface area (Å²) in [5.41, 5.74) is 0. The molecule has 10 radical (unpaired) electrons. The molecule has 0 aromatic rings. The maximum atomic E-state index is 10.5. The zero-order chi connectivity index (χ0) is 11.8. The first kappa shape index (κ1) is 16.7. The average molecular weight is 267 g/mol. The number of carbonyl (C=O) groups is 1. The number of rotatable bonds is 2. The van der Waals surface area contributed by atoms with Crippen molar-refractivity contribution in [2.24, 2.45) is 0 Å². The molecule has 0 aliphatic heterocycles. The molecular formula is C14H13FeNO. The summed E-state index contributed by atoms with van der Waals surface area (Å²) in [5, 5.41) is 8.19. The van der Waals surface area contributed by atoms with Crippen molar-refractivity contribution < 1.29 is 21.9 Å². The summed E-state index contributed by atoms with van der Waals surface area (Å²) in [4.78, 5) is 10.5. The standard InChI is InChI=1S/C7H6N.C7H7O.Fe/c8-6-5-7-3-1-2-4-7;1-6(8)7-4-2-3-5-7;/h1-4H,5H2;2-5H,1H3;. The Morgan fingerprint density at radius 2 is 1.59 bits per heavy atom. The van der Waals surface area contributed by atoms with Crippen LogP contribution < -0.4 is 0 Å². The van der Waals surface area contributed by atoms with Crippen LogP contribution in [0.3, 0.4) is 0 Å². The van der Waals surface area contributed by atoms with E-state index in [1.807, 2.05) is 51.4 Å². The van der Waals surface area contributed by atoms with E-state index in [-0.39, 0.29) is 22.9 Å². The molecule has 0 unspecified atom stereocenters. The van der Waals surface area contributed by atoms with Gasteiger partial charge in [0.25, 0.3) is 0 Å². The first-order valence-corrected chi connectivity index (χ1v) is 5.04. The molecule has 3 heteroatoms. The Hall–Kier alpha value is -0.321. The Bertz CT molecular complexity index is 247. The zero-order valence-electron chi connectivity index (χ0n) is 9.53. The van der Waals surface area contributed by atoms with Crippen LogP contribution in [0.1, 0.15) is 13.3 Å². The fourth-order valence-electron chi connectivity index (χ4n) is 1.23. The van der Waals surface area contributed by atoms with Crippen LogP contribution >= 0.6 is 0 Å². The van der Waals surface area contributed by atoms with E-state index in [4.69, 9.17) is 5.26 Å². The van der Waals surface area contributed by atoms with Gasteiger partial charge in [-0.25, -0.2) is 0 Å². The Kier molecular flexibility index (Phi) is 9.50. The maximum absolute atomic E-state index is 10.5. The quantitative estimate of drug-likeness (QED) is 0.720. The number of nitrogens with zero attached hydrogens (tertiary/aromatic N) is 1. The van der Waals surface area contributed by atoms with Gasteiger partial charge in [0.05, 0.1) is 6.07 Å². The Morgan fingerprint density at radius 1 is 1.12 bits per heavy atom.